The number of ether oxygens (including phenoxy) is 2. The summed E-state index contributed by atoms with van der Waals surface area (Å²) in [6, 6.07) is 0. The minimum atomic E-state index is -0.976. The van der Waals surface area contributed by atoms with E-state index >= 15 is 0 Å². The molecule has 0 N–H and O–H groups in total. The molecule has 0 aromatic heterocycles. The first-order valence-electron chi connectivity index (χ1n) is 3.99. The number of hydrogen-bond donors (Lipinski definition) is 0. The van der Waals surface area contributed by atoms with Gasteiger partial charge in [-0.3, -0.25) is 14.4 Å². The fourth-order valence-corrected chi connectivity index (χ4v) is 1.22. The van der Waals surface area contributed by atoms with Crippen molar-refractivity contribution in [3.05, 3.63) is 11.5 Å². The van der Waals surface area contributed by atoms with E-state index in [-0.39, 0.29) is 11.5 Å². The number of carbonyl (C=O) groups excluding carboxylic acids is 3. The molecule has 1 atom stereocenters. The largest absolute Gasteiger partial charge is 0.490 e. The third-order valence-corrected chi connectivity index (χ3v) is 2.05. The number of methoxy groups -OCH3 is 2. The van der Waals surface area contributed by atoms with Gasteiger partial charge in [-0.1, -0.05) is 0 Å². The Kier molecular flexibility index (Phi) is 2.69. The Bertz CT molecular complexity index is 339. The van der Waals surface area contributed by atoms with Crippen molar-refractivity contribution in [2.24, 2.45) is 5.92 Å². The molecule has 0 radical (unpaired) electrons. The molecular weight excluding hydrogens is 188 g/mol. The van der Waals surface area contributed by atoms with E-state index in [9.17, 15) is 14.4 Å². The molecule has 0 saturated carbocycles. The molecule has 1 aliphatic carbocycles. The highest BCUT2D eigenvalue weighted by Crippen LogP contribution is 2.21. The summed E-state index contributed by atoms with van der Waals surface area (Å²) >= 11 is 0. The summed E-state index contributed by atoms with van der Waals surface area (Å²) in [6.07, 6.45) is 0. The van der Waals surface area contributed by atoms with Gasteiger partial charge in [-0.2, -0.15) is 0 Å². The maximum atomic E-state index is 11.4. The van der Waals surface area contributed by atoms with Gasteiger partial charge < -0.3 is 9.47 Å². The molecule has 0 aromatic carbocycles. The Morgan fingerprint density at radius 2 is 1.43 bits per heavy atom. The predicted molar refractivity (Wildman–Crippen MR) is 45.2 cm³/mol. The van der Waals surface area contributed by atoms with Gasteiger partial charge in [-0.25, -0.2) is 0 Å². The summed E-state index contributed by atoms with van der Waals surface area (Å²) in [5.41, 5.74) is 0. The van der Waals surface area contributed by atoms with E-state index in [1.165, 1.54) is 21.1 Å². The second-order valence-electron chi connectivity index (χ2n) is 2.85. The van der Waals surface area contributed by atoms with E-state index in [4.69, 9.17) is 4.74 Å². The van der Waals surface area contributed by atoms with E-state index < -0.39 is 23.3 Å². The summed E-state index contributed by atoms with van der Waals surface area (Å²) in [5, 5.41) is 0. The van der Waals surface area contributed by atoms with E-state index in [2.05, 4.69) is 4.74 Å². The van der Waals surface area contributed by atoms with Gasteiger partial charge >= 0.3 is 0 Å². The van der Waals surface area contributed by atoms with Crippen LogP contribution in [0.3, 0.4) is 0 Å². The number of ketones is 3. The van der Waals surface area contributed by atoms with Gasteiger partial charge in [0.05, 0.1) is 20.1 Å². The molecule has 0 heterocycles. The van der Waals surface area contributed by atoms with Crippen LogP contribution in [-0.4, -0.2) is 31.6 Å². The molecule has 1 rings (SSSR count). The minimum absolute atomic E-state index is 0.176. The summed E-state index contributed by atoms with van der Waals surface area (Å²) in [5.74, 6) is -3.54. The van der Waals surface area contributed by atoms with Crippen LogP contribution in [0.2, 0.25) is 0 Å². The average molecular weight is 198 g/mol. The lowest BCUT2D eigenvalue weighted by Crippen LogP contribution is -2.37. The maximum Gasteiger partial charge on any atom is 0.267 e. The Hall–Kier alpha value is -1.65. The molecule has 0 fully saturated rings. The molecular formula is C9H10O5. The van der Waals surface area contributed by atoms with Gasteiger partial charge in [0.25, 0.3) is 5.78 Å². The topological polar surface area (TPSA) is 69.7 Å². The molecule has 0 aromatic rings. The van der Waals surface area contributed by atoms with Gasteiger partial charge in [-0.05, 0) is 6.92 Å². The molecule has 0 aliphatic heterocycles. The zero-order valence-corrected chi connectivity index (χ0v) is 8.12. The van der Waals surface area contributed by atoms with Crippen LogP contribution in [-0.2, 0) is 23.9 Å². The molecule has 0 amide bonds. The van der Waals surface area contributed by atoms with Crippen LogP contribution in [0.1, 0.15) is 6.92 Å². The number of Topliss-reactive ketones (excluding diaryl/α,β-unsaturated/α-hetero) is 3. The highest BCUT2D eigenvalue weighted by molar-refractivity contribution is 6.50. The lowest BCUT2D eigenvalue weighted by atomic mass is 9.90. The monoisotopic (exact) mass is 198 g/mol. The van der Waals surface area contributed by atoms with Crippen molar-refractivity contribution >= 4 is 17.3 Å². The fraction of sp³-hybridized carbons (Fsp3) is 0.444. The van der Waals surface area contributed by atoms with Crippen LogP contribution in [0.15, 0.2) is 11.5 Å². The quantitative estimate of drug-likeness (QED) is 0.455. The van der Waals surface area contributed by atoms with Gasteiger partial charge in [0.1, 0.15) is 0 Å². The van der Waals surface area contributed by atoms with Crippen molar-refractivity contribution in [2.45, 2.75) is 6.92 Å². The van der Waals surface area contributed by atoms with Gasteiger partial charge in [-0.15, -0.1) is 0 Å². The van der Waals surface area contributed by atoms with Crippen LogP contribution in [0.5, 0.6) is 0 Å². The van der Waals surface area contributed by atoms with E-state index in [1.807, 2.05) is 0 Å². The Morgan fingerprint density at radius 1 is 0.929 bits per heavy atom. The second kappa shape index (κ2) is 3.61. The lowest BCUT2D eigenvalue weighted by molar-refractivity contribution is -0.144. The first kappa shape index (κ1) is 10.4. The Balaban J connectivity index is 3.29. The third-order valence-electron chi connectivity index (χ3n) is 2.05. The molecule has 5 nitrogen and oxygen atoms in total. The fourth-order valence-electron chi connectivity index (χ4n) is 1.22. The van der Waals surface area contributed by atoms with Gasteiger partial charge in [0.15, 0.2) is 0 Å². The molecule has 0 spiro atoms. The number of allylic oxidation sites excluding steroid dienone is 2. The maximum absolute atomic E-state index is 11.4. The zero-order chi connectivity index (χ0) is 10.9. The minimum Gasteiger partial charge on any atom is -0.490 e. The normalized spacial score (nSPS) is 22.8. The van der Waals surface area contributed by atoms with E-state index in [0.717, 1.165) is 0 Å². The van der Waals surface area contributed by atoms with Crippen LogP contribution < -0.4 is 0 Å². The molecule has 76 valence electrons. The smallest absolute Gasteiger partial charge is 0.267 e. The molecule has 14 heavy (non-hydrogen) atoms. The number of rotatable bonds is 2. The Morgan fingerprint density at radius 3 is 1.86 bits per heavy atom. The summed E-state index contributed by atoms with van der Waals surface area (Å²) in [6.45, 7) is 1.37. The van der Waals surface area contributed by atoms with Crippen molar-refractivity contribution < 1.29 is 23.9 Å². The zero-order valence-electron chi connectivity index (χ0n) is 8.12. The molecule has 1 unspecified atom stereocenters. The first-order valence-corrected chi connectivity index (χ1v) is 3.99. The van der Waals surface area contributed by atoms with E-state index in [0.29, 0.717) is 0 Å². The highest BCUT2D eigenvalue weighted by atomic mass is 16.5. The van der Waals surface area contributed by atoms with Crippen molar-refractivity contribution in [1.82, 2.24) is 0 Å². The standard InChI is InChI=1S/C9H10O5/c1-4-5(10)7(12)9(14-3)8(13-2)6(4)11/h4H,1-3H3. The van der Waals surface area contributed by atoms with Crippen molar-refractivity contribution in [1.29, 1.82) is 0 Å². The second-order valence-corrected chi connectivity index (χ2v) is 2.85. The molecule has 0 saturated heterocycles. The van der Waals surface area contributed by atoms with Crippen LogP contribution >= 0.6 is 0 Å². The molecule has 0 bridgehead atoms. The number of carbonyl (C=O) groups is 3. The summed E-state index contributed by atoms with van der Waals surface area (Å²) in [4.78, 5) is 34.0. The molecule has 5 heteroatoms. The molecule has 1 aliphatic rings. The third kappa shape index (κ3) is 1.30. The van der Waals surface area contributed by atoms with Crippen LogP contribution in [0.4, 0.5) is 0 Å². The summed E-state index contributed by atoms with van der Waals surface area (Å²) in [7, 11) is 2.46. The van der Waals surface area contributed by atoms with Crippen molar-refractivity contribution in [2.75, 3.05) is 14.2 Å². The first-order chi connectivity index (χ1) is 6.54. The Labute approximate surface area is 80.7 Å². The summed E-state index contributed by atoms with van der Waals surface area (Å²) < 4.78 is 9.39. The van der Waals surface area contributed by atoms with Gasteiger partial charge in [0, 0.05) is 0 Å². The van der Waals surface area contributed by atoms with E-state index in [1.54, 1.807) is 0 Å². The SMILES string of the molecule is COC1=C(OC)C(=O)C(C)C(=O)C1=O. The van der Waals surface area contributed by atoms with Crippen molar-refractivity contribution in [3.63, 3.8) is 0 Å². The number of hydrogen-bond acceptors (Lipinski definition) is 5. The average Bonchev–Trinajstić information content (AvgIpc) is 2.20. The lowest BCUT2D eigenvalue weighted by Gasteiger charge is -2.18. The van der Waals surface area contributed by atoms with Crippen LogP contribution in [0.25, 0.3) is 0 Å². The van der Waals surface area contributed by atoms with Crippen LogP contribution in [0, 0.1) is 5.92 Å². The predicted octanol–water partition coefficient (Wildman–Crippen LogP) is -0.152. The van der Waals surface area contributed by atoms with Gasteiger partial charge in [0.2, 0.25) is 23.1 Å². The van der Waals surface area contributed by atoms with Crippen molar-refractivity contribution in [3.8, 4) is 0 Å². The highest BCUT2D eigenvalue weighted by Gasteiger charge is 2.41.